The molecule has 5 nitrogen and oxygen atoms in total. The number of likely N-dealkylation sites (tertiary alicyclic amines) is 1. The van der Waals surface area contributed by atoms with Crippen molar-refractivity contribution in [3.05, 3.63) is 76.6 Å². The van der Waals surface area contributed by atoms with Gasteiger partial charge in [0.25, 0.3) is 0 Å². The molecule has 0 unspecified atom stereocenters. The lowest BCUT2D eigenvalue weighted by Gasteiger charge is -2.43. The number of fused-ring (bicyclic) bond motifs is 1. The largest absolute Gasteiger partial charge is 0.492 e. The second-order valence-corrected chi connectivity index (χ2v) is 11.3. The minimum atomic E-state index is -0.935. The molecule has 2 fully saturated rings. The summed E-state index contributed by atoms with van der Waals surface area (Å²) in [7, 11) is 0. The summed E-state index contributed by atoms with van der Waals surface area (Å²) in [5.74, 6) is -1.06. The molecule has 1 aromatic carbocycles. The number of benzene rings is 1. The van der Waals surface area contributed by atoms with Crippen LogP contribution in [0.3, 0.4) is 0 Å². The third-order valence-electron chi connectivity index (χ3n) is 8.46. The van der Waals surface area contributed by atoms with Gasteiger partial charge in [0.2, 0.25) is 5.91 Å². The Kier molecular flexibility index (Phi) is 8.50. The Balaban J connectivity index is 1.49. The lowest BCUT2D eigenvalue weighted by atomic mass is 9.81. The van der Waals surface area contributed by atoms with Crippen LogP contribution in [0.1, 0.15) is 61.0 Å². The molecule has 1 aliphatic carbocycles. The average molecular weight is 542 g/mol. The van der Waals surface area contributed by atoms with E-state index in [1.807, 2.05) is 38.1 Å². The van der Waals surface area contributed by atoms with Crippen molar-refractivity contribution in [2.45, 2.75) is 58.0 Å². The summed E-state index contributed by atoms with van der Waals surface area (Å²) in [6, 6.07) is 8.88. The highest BCUT2D eigenvalue weighted by Gasteiger charge is 2.41. The number of nitrogens with zero attached hydrogens (tertiary/aromatic N) is 2. The van der Waals surface area contributed by atoms with Crippen LogP contribution >= 0.6 is 0 Å². The molecule has 1 amide bonds. The Labute approximate surface area is 228 Å². The maximum absolute atomic E-state index is 15.9. The second-order valence-electron chi connectivity index (χ2n) is 11.3. The molecule has 39 heavy (non-hydrogen) atoms. The van der Waals surface area contributed by atoms with Crippen LogP contribution in [0.5, 0.6) is 5.75 Å². The highest BCUT2D eigenvalue weighted by molar-refractivity contribution is 5.78. The molecule has 1 aromatic heterocycles. The summed E-state index contributed by atoms with van der Waals surface area (Å²) in [6.07, 6.45) is 5.87. The smallest absolute Gasteiger partial charge is 0.223 e. The van der Waals surface area contributed by atoms with Crippen LogP contribution in [0.4, 0.5) is 13.2 Å². The lowest BCUT2D eigenvalue weighted by Crippen LogP contribution is -2.49. The van der Waals surface area contributed by atoms with E-state index in [-0.39, 0.29) is 42.5 Å². The molecule has 1 saturated heterocycles. The third kappa shape index (κ3) is 5.96. The number of nitrogens with one attached hydrogen (secondary N) is 1. The quantitative estimate of drug-likeness (QED) is 0.442. The molecule has 8 heteroatoms. The maximum Gasteiger partial charge on any atom is 0.223 e. The van der Waals surface area contributed by atoms with Gasteiger partial charge in [0.15, 0.2) is 0 Å². The van der Waals surface area contributed by atoms with Crippen LogP contribution in [0.15, 0.2) is 42.6 Å². The van der Waals surface area contributed by atoms with E-state index in [0.29, 0.717) is 44.1 Å². The molecule has 0 bridgehead atoms. The maximum atomic E-state index is 15.9. The van der Waals surface area contributed by atoms with Gasteiger partial charge in [-0.1, -0.05) is 24.6 Å². The molecule has 2 aliphatic heterocycles. The minimum absolute atomic E-state index is 0.0708. The Morgan fingerprint density at radius 3 is 2.51 bits per heavy atom. The number of carbonyl (C=O) groups excluding carboxylic acids is 1. The fourth-order valence-corrected chi connectivity index (χ4v) is 6.04. The average Bonchev–Trinajstić information content (AvgIpc) is 2.93. The van der Waals surface area contributed by atoms with Gasteiger partial charge in [-0.3, -0.25) is 14.1 Å². The Morgan fingerprint density at radius 2 is 1.85 bits per heavy atom. The molecule has 0 radical (unpaired) electrons. The van der Waals surface area contributed by atoms with E-state index in [4.69, 9.17) is 4.74 Å². The van der Waals surface area contributed by atoms with Gasteiger partial charge in [0.1, 0.15) is 30.0 Å². The monoisotopic (exact) mass is 541 g/mol. The SMILES string of the molecule is Cc1ccccc[nH]c2c1C[C@@H](C)N(C(=O)CC1CCC1)[C@@H]2c1c(F)cc(OCCN2CC(CF)C2)cc1F. The van der Waals surface area contributed by atoms with Crippen molar-refractivity contribution < 1.29 is 22.7 Å². The summed E-state index contributed by atoms with van der Waals surface area (Å²) in [4.78, 5) is 20.7. The zero-order chi connectivity index (χ0) is 27.5. The summed E-state index contributed by atoms with van der Waals surface area (Å²) in [5.41, 5.74) is 2.41. The first kappa shape index (κ1) is 27.6. The van der Waals surface area contributed by atoms with Crippen molar-refractivity contribution in [3.8, 4) is 5.75 Å². The van der Waals surface area contributed by atoms with Gasteiger partial charge in [-0.25, -0.2) is 8.78 Å². The number of hydrogen-bond acceptors (Lipinski definition) is 3. The number of H-pyrrole nitrogens is 1. The van der Waals surface area contributed by atoms with E-state index in [0.717, 1.165) is 30.4 Å². The highest BCUT2D eigenvalue weighted by Crippen LogP contribution is 2.42. The number of carbonyl (C=O) groups is 1. The van der Waals surface area contributed by atoms with E-state index < -0.39 is 17.7 Å². The van der Waals surface area contributed by atoms with Crippen LogP contribution in [-0.2, 0) is 11.2 Å². The van der Waals surface area contributed by atoms with Crippen molar-refractivity contribution in [1.29, 1.82) is 0 Å². The first-order chi connectivity index (χ1) is 18.9. The molecule has 5 rings (SSSR count). The Morgan fingerprint density at radius 1 is 1.10 bits per heavy atom. The van der Waals surface area contributed by atoms with Crippen LogP contribution in [0.25, 0.3) is 0 Å². The number of aryl methyl sites for hydroxylation is 1. The van der Waals surface area contributed by atoms with Crippen LogP contribution in [-0.4, -0.2) is 59.6 Å². The molecule has 1 saturated carbocycles. The van der Waals surface area contributed by atoms with Gasteiger partial charge in [-0.05, 0) is 56.2 Å². The van der Waals surface area contributed by atoms with Gasteiger partial charge in [0.05, 0.1) is 12.2 Å². The number of halogens is 3. The van der Waals surface area contributed by atoms with Gasteiger partial charge < -0.3 is 14.6 Å². The minimum Gasteiger partial charge on any atom is -0.492 e. The van der Waals surface area contributed by atoms with Crippen molar-refractivity contribution in [2.24, 2.45) is 11.8 Å². The molecule has 2 atom stereocenters. The molecule has 0 spiro atoms. The topological polar surface area (TPSA) is 48.6 Å². The molecule has 2 aromatic rings. The number of hydrogen-bond donors (Lipinski definition) is 1. The van der Waals surface area contributed by atoms with Crippen molar-refractivity contribution in [3.63, 3.8) is 0 Å². The van der Waals surface area contributed by atoms with Gasteiger partial charge >= 0.3 is 0 Å². The van der Waals surface area contributed by atoms with E-state index >= 15 is 8.78 Å². The number of aromatic nitrogens is 1. The molecule has 3 aliphatic rings. The van der Waals surface area contributed by atoms with Crippen LogP contribution in [0, 0.1) is 30.4 Å². The second kappa shape index (κ2) is 12.0. The summed E-state index contributed by atoms with van der Waals surface area (Å²) < 4.78 is 50.1. The van der Waals surface area contributed by atoms with Crippen LogP contribution < -0.4 is 4.74 Å². The van der Waals surface area contributed by atoms with Gasteiger partial charge in [0, 0.05) is 62.0 Å². The number of aromatic amines is 1. The Bertz CT molecular complexity index is 1210. The molecule has 3 heterocycles. The predicted octanol–water partition coefficient (Wildman–Crippen LogP) is 6.06. The number of ether oxygens (including phenoxy) is 1. The van der Waals surface area contributed by atoms with Crippen LogP contribution in [0.2, 0.25) is 0 Å². The summed E-state index contributed by atoms with van der Waals surface area (Å²) in [5, 5.41) is 0. The standard InChI is InChI=1S/C31H38F3N3O2/c1-20-7-4-3-5-10-35-30-25(20)13-21(2)37(28(38)14-22-8-6-9-22)31(30)29-26(33)15-24(16-27(29)34)39-12-11-36-18-23(17-32)19-36/h3-5,7,10,15-16,21-23,31,35H,6,8-9,11-14,17-19H2,1-2H3/t21-,31-/m1/s1. The van der Waals surface area contributed by atoms with Crippen molar-refractivity contribution >= 4 is 5.91 Å². The number of alkyl halides is 1. The predicted molar refractivity (Wildman–Crippen MR) is 145 cm³/mol. The highest BCUT2D eigenvalue weighted by atomic mass is 19.1. The third-order valence-corrected chi connectivity index (χ3v) is 8.46. The normalized spacial score (nSPS) is 21.5. The number of amides is 1. The summed E-state index contributed by atoms with van der Waals surface area (Å²) in [6.45, 7) is 5.78. The van der Waals surface area contributed by atoms with Gasteiger partial charge in [-0.2, -0.15) is 0 Å². The zero-order valence-corrected chi connectivity index (χ0v) is 22.8. The number of rotatable bonds is 8. The first-order valence-electron chi connectivity index (χ1n) is 14.1. The lowest BCUT2D eigenvalue weighted by molar-refractivity contribution is -0.137. The first-order valence-corrected chi connectivity index (χ1v) is 14.1. The molecular weight excluding hydrogens is 503 g/mol. The van der Waals surface area contributed by atoms with E-state index in [1.165, 1.54) is 12.1 Å². The zero-order valence-electron chi connectivity index (χ0n) is 22.8. The van der Waals surface area contributed by atoms with E-state index in [9.17, 15) is 9.18 Å². The molecule has 210 valence electrons. The van der Waals surface area contributed by atoms with E-state index in [1.54, 1.807) is 11.1 Å². The van der Waals surface area contributed by atoms with Crippen molar-refractivity contribution in [1.82, 2.24) is 14.8 Å². The molecule has 1 N–H and O–H groups in total. The van der Waals surface area contributed by atoms with Crippen molar-refractivity contribution in [2.75, 3.05) is 32.9 Å². The Hall–Kier alpha value is -3.00. The molecular formula is C31H38F3N3O2. The van der Waals surface area contributed by atoms with Gasteiger partial charge in [-0.15, -0.1) is 0 Å². The summed E-state index contributed by atoms with van der Waals surface area (Å²) >= 11 is 0. The fraction of sp³-hybridized carbons (Fsp3) is 0.516. The fourth-order valence-electron chi connectivity index (χ4n) is 6.04. The van der Waals surface area contributed by atoms with E-state index in [2.05, 4.69) is 9.88 Å².